The minimum absolute atomic E-state index is 0.601. The molecule has 0 saturated heterocycles. The van der Waals surface area contributed by atoms with Gasteiger partial charge in [-0.15, -0.1) is 0 Å². The molecule has 2 aromatic rings. The lowest BCUT2D eigenvalue weighted by molar-refractivity contribution is 0.0254. The maximum absolute atomic E-state index is 4.31. The van der Waals surface area contributed by atoms with Crippen molar-refractivity contribution < 1.29 is 0 Å². The molecule has 3 heteroatoms. The lowest BCUT2D eigenvalue weighted by Gasteiger charge is -2.55. The highest BCUT2D eigenvalue weighted by molar-refractivity contribution is 5.28. The average Bonchev–Trinajstić information content (AvgIpc) is 2.58. The smallest absolute Gasteiger partial charge is 0.125 e. The third kappa shape index (κ3) is 2.90. The fourth-order valence-corrected chi connectivity index (χ4v) is 4.62. The molecule has 0 bridgehead atoms. The summed E-state index contributed by atoms with van der Waals surface area (Å²) in [7, 11) is 0. The maximum atomic E-state index is 4.31. The van der Waals surface area contributed by atoms with Crippen molar-refractivity contribution in [2.75, 3.05) is 0 Å². The van der Waals surface area contributed by atoms with Gasteiger partial charge in [-0.25, -0.2) is 9.97 Å². The van der Waals surface area contributed by atoms with Crippen LogP contribution in [0.5, 0.6) is 0 Å². The molecule has 3 nitrogen and oxygen atoms in total. The lowest BCUT2D eigenvalue weighted by Crippen LogP contribution is -2.57. The summed E-state index contributed by atoms with van der Waals surface area (Å²) < 4.78 is 0. The van der Waals surface area contributed by atoms with Crippen LogP contribution >= 0.6 is 0 Å². The van der Waals surface area contributed by atoms with E-state index in [1.165, 1.54) is 36.8 Å². The first-order valence-electron chi connectivity index (χ1n) is 8.89. The summed E-state index contributed by atoms with van der Waals surface area (Å²) in [5.74, 6) is 3.23. The molecule has 0 aliphatic heterocycles. The van der Waals surface area contributed by atoms with Crippen molar-refractivity contribution in [1.82, 2.24) is 15.3 Å². The normalized spacial score (nSPS) is 29.6. The van der Waals surface area contributed by atoms with Gasteiger partial charge in [0, 0.05) is 36.5 Å². The Morgan fingerprint density at radius 1 is 1.00 bits per heavy atom. The molecule has 1 aromatic carbocycles. The topological polar surface area (TPSA) is 37.8 Å². The highest BCUT2D eigenvalue weighted by Crippen LogP contribution is 2.54. The Balaban J connectivity index is 1.49. The first kappa shape index (κ1) is 14.8. The molecule has 23 heavy (non-hydrogen) atoms. The van der Waals surface area contributed by atoms with Crippen molar-refractivity contribution in [2.45, 2.75) is 51.1 Å². The van der Waals surface area contributed by atoms with E-state index in [9.17, 15) is 0 Å². The number of aryl methyl sites for hydroxylation is 1. The van der Waals surface area contributed by atoms with Crippen molar-refractivity contribution in [3.8, 4) is 0 Å². The predicted octanol–water partition coefficient (Wildman–Crippen LogP) is 3.85. The first-order chi connectivity index (χ1) is 11.3. The van der Waals surface area contributed by atoms with E-state index in [-0.39, 0.29) is 0 Å². The van der Waals surface area contributed by atoms with Gasteiger partial charge in [0.1, 0.15) is 5.82 Å². The van der Waals surface area contributed by atoms with E-state index >= 15 is 0 Å². The first-order valence-corrected chi connectivity index (χ1v) is 8.89. The van der Waals surface area contributed by atoms with Crippen LogP contribution in [0.2, 0.25) is 0 Å². The number of nitrogens with one attached hydrogen (secondary N) is 1. The van der Waals surface area contributed by atoms with Gasteiger partial charge >= 0.3 is 0 Å². The largest absolute Gasteiger partial charge is 0.309 e. The van der Waals surface area contributed by atoms with E-state index < -0.39 is 0 Å². The second-order valence-corrected chi connectivity index (χ2v) is 7.09. The van der Waals surface area contributed by atoms with Gasteiger partial charge in [-0.2, -0.15) is 0 Å². The summed E-state index contributed by atoms with van der Waals surface area (Å²) in [6.45, 7) is 2.80. The van der Waals surface area contributed by atoms with Gasteiger partial charge in [0.25, 0.3) is 0 Å². The fourth-order valence-electron chi connectivity index (χ4n) is 4.62. The third-order valence-electron chi connectivity index (χ3n) is 5.75. The molecule has 2 aliphatic carbocycles. The van der Waals surface area contributed by atoms with Gasteiger partial charge in [0.2, 0.25) is 0 Å². The summed E-state index contributed by atoms with van der Waals surface area (Å²) in [5.41, 5.74) is 2.69. The zero-order chi connectivity index (χ0) is 15.6. The molecular formula is C20H25N3. The molecule has 4 atom stereocenters. The number of nitrogens with zero attached hydrogens (tertiary/aromatic N) is 2. The van der Waals surface area contributed by atoms with Gasteiger partial charge in [-0.3, -0.25) is 0 Å². The van der Waals surface area contributed by atoms with Crippen LogP contribution in [0.1, 0.15) is 48.6 Å². The molecule has 2 saturated carbocycles. The monoisotopic (exact) mass is 307 g/mol. The third-order valence-corrected chi connectivity index (χ3v) is 5.75. The molecular weight excluding hydrogens is 282 g/mol. The van der Waals surface area contributed by atoms with Crippen molar-refractivity contribution in [1.29, 1.82) is 0 Å². The summed E-state index contributed by atoms with van der Waals surface area (Å²) in [5, 5.41) is 3.82. The van der Waals surface area contributed by atoms with Gasteiger partial charge in [-0.1, -0.05) is 43.2 Å². The molecule has 0 amide bonds. The van der Waals surface area contributed by atoms with Gasteiger partial charge in [0.15, 0.2) is 0 Å². The van der Waals surface area contributed by atoms with Crippen LogP contribution in [0.4, 0.5) is 0 Å². The number of aromatic nitrogens is 2. The van der Waals surface area contributed by atoms with Crippen molar-refractivity contribution >= 4 is 0 Å². The van der Waals surface area contributed by atoms with E-state index in [0.717, 1.165) is 24.2 Å². The van der Waals surface area contributed by atoms with Crippen molar-refractivity contribution in [3.63, 3.8) is 0 Å². The van der Waals surface area contributed by atoms with E-state index in [0.29, 0.717) is 12.0 Å². The summed E-state index contributed by atoms with van der Waals surface area (Å²) in [4.78, 5) is 8.62. The molecule has 2 unspecified atom stereocenters. The highest BCUT2D eigenvalue weighted by atomic mass is 15.0. The Bertz CT molecular complexity index is 638. The van der Waals surface area contributed by atoms with Crippen LogP contribution in [0, 0.1) is 18.8 Å². The number of hydrogen-bond acceptors (Lipinski definition) is 3. The van der Waals surface area contributed by atoms with Crippen LogP contribution in [-0.2, 0) is 6.54 Å². The Morgan fingerprint density at radius 3 is 2.43 bits per heavy atom. The van der Waals surface area contributed by atoms with Crippen molar-refractivity contribution in [2.24, 2.45) is 11.8 Å². The van der Waals surface area contributed by atoms with E-state index in [1.54, 1.807) is 0 Å². The van der Waals surface area contributed by atoms with Gasteiger partial charge < -0.3 is 5.32 Å². The number of benzene rings is 1. The molecule has 1 aromatic heterocycles. The summed E-state index contributed by atoms with van der Waals surface area (Å²) in [6.07, 6.45) is 9.48. The molecule has 2 fully saturated rings. The van der Waals surface area contributed by atoms with Crippen LogP contribution in [0.15, 0.2) is 42.7 Å². The van der Waals surface area contributed by atoms with Crippen LogP contribution in [0.25, 0.3) is 0 Å². The SMILES string of the molecule is Cc1ncc(CN[C@H]2C3CCCCC3[C@@H]2c2ccccc2)cn1. The molecule has 120 valence electrons. The van der Waals surface area contributed by atoms with Gasteiger partial charge in [0.05, 0.1) is 0 Å². The van der Waals surface area contributed by atoms with Crippen LogP contribution < -0.4 is 5.32 Å². The van der Waals surface area contributed by atoms with Crippen LogP contribution in [-0.4, -0.2) is 16.0 Å². The Kier molecular flexibility index (Phi) is 4.13. The zero-order valence-electron chi connectivity index (χ0n) is 13.8. The zero-order valence-corrected chi connectivity index (χ0v) is 13.8. The average molecular weight is 307 g/mol. The number of fused-ring (bicyclic) bond motifs is 1. The minimum Gasteiger partial charge on any atom is -0.309 e. The molecule has 1 heterocycles. The highest BCUT2D eigenvalue weighted by Gasteiger charge is 2.50. The van der Waals surface area contributed by atoms with Gasteiger partial charge in [-0.05, 0) is 37.2 Å². The van der Waals surface area contributed by atoms with E-state index in [2.05, 4.69) is 45.6 Å². The quantitative estimate of drug-likeness (QED) is 0.932. The number of hydrogen-bond donors (Lipinski definition) is 1. The van der Waals surface area contributed by atoms with Crippen molar-refractivity contribution in [3.05, 3.63) is 59.7 Å². The second-order valence-electron chi connectivity index (χ2n) is 7.09. The Morgan fingerprint density at radius 2 is 1.70 bits per heavy atom. The molecule has 0 spiro atoms. The summed E-state index contributed by atoms with van der Waals surface area (Å²) in [6, 6.07) is 11.7. The molecule has 1 N–H and O–H groups in total. The van der Waals surface area contributed by atoms with E-state index in [1.807, 2.05) is 19.3 Å². The predicted molar refractivity (Wildman–Crippen MR) is 92.0 cm³/mol. The Labute approximate surface area is 138 Å². The minimum atomic E-state index is 0.601. The number of rotatable bonds is 4. The second kappa shape index (κ2) is 6.40. The fraction of sp³-hybridized carbons (Fsp3) is 0.500. The Hall–Kier alpha value is -1.74. The standard InChI is InChI=1S/C20H25N3/c1-14-21-11-15(12-22-14)13-23-20-18-10-6-5-9-17(18)19(20)16-7-3-2-4-8-16/h2-4,7-8,11-12,17-20,23H,5-6,9-10,13H2,1H3/t17?,18?,19-,20-/m0/s1. The summed E-state index contributed by atoms with van der Waals surface area (Å²) >= 11 is 0. The lowest BCUT2D eigenvalue weighted by atomic mass is 9.53. The van der Waals surface area contributed by atoms with E-state index in [4.69, 9.17) is 0 Å². The molecule has 2 aliphatic rings. The molecule has 4 rings (SSSR count). The molecule has 0 radical (unpaired) electrons. The maximum Gasteiger partial charge on any atom is 0.125 e. The van der Waals surface area contributed by atoms with Crippen LogP contribution in [0.3, 0.4) is 0 Å².